The minimum absolute atomic E-state index is 0.677. The molecule has 3 fully saturated rings. The molecule has 0 aromatic rings. The van der Waals surface area contributed by atoms with Crippen LogP contribution in [0.5, 0.6) is 0 Å². The van der Waals surface area contributed by atoms with Crippen molar-refractivity contribution in [2.24, 2.45) is 35.0 Å². The predicted molar refractivity (Wildman–Crippen MR) is 92.3 cm³/mol. The average molecular weight is 291 g/mol. The maximum absolute atomic E-state index is 2.60. The highest BCUT2D eigenvalue weighted by Crippen LogP contribution is 2.56. The fourth-order valence-electron chi connectivity index (χ4n) is 5.75. The Labute approximate surface area is 133 Å². The highest BCUT2D eigenvalue weighted by Gasteiger charge is 2.47. The van der Waals surface area contributed by atoms with Gasteiger partial charge in [0, 0.05) is 0 Å². The molecule has 3 aliphatic carbocycles. The third-order valence-corrected chi connectivity index (χ3v) is 7.75. The summed E-state index contributed by atoms with van der Waals surface area (Å²) in [6, 6.07) is 0. The Morgan fingerprint density at radius 1 is 0.952 bits per heavy atom. The fourth-order valence-corrected chi connectivity index (χ4v) is 5.75. The lowest BCUT2D eigenvalue weighted by Gasteiger charge is -2.28. The number of fused-ring (bicyclic) bond motifs is 1. The second kappa shape index (κ2) is 6.63. The van der Waals surface area contributed by atoms with E-state index in [4.69, 9.17) is 0 Å². The van der Waals surface area contributed by atoms with Crippen LogP contribution in [0.1, 0.15) is 97.8 Å². The maximum atomic E-state index is 2.60. The van der Waals surface area contributed by atoms with Gasteiger partial charge >= 0.3 is 0 Å². The smallest absolute Gasteiger partial charge is 0.0326 e. The summed E-state index contributed by atoms with van der Waals surface area (Å²) in [6.07, 6.45) is 18.2. The molecule has 0 nitrogen and oxygen atoms in total. The van der Waals surface area contributed by atoms with Crippen molar-refractivity contribution < 1.29 is 0 Å². The molecule has 0 saturated heterocycles. The van der Waals surface area contributed by atoms with Crippen molar-refractivity contribution in [2.75, 3.05) is 0 Å². The van der Waals surface area contributed by atoms with Gasteiger partial charge in [-0.25, -0.2) is 0 Å². The maximum Gasteiger partial charge on any atom is -0.0326 e. The molecular weight excluding hydrogens is 252 g/mol. The number of hydrogen-bond acceptors (Lipinski definition) is 0. The van der Waals surface area contributed by atoms with E-state index in [1.165, 1.54) is 63.2 Å². The lowest BCUT2D eigenvalue weighted by molar-refractivity contribution is 0.237. The fraction of sp³-hybridized carbons (Fsp3) is 1.00. The van der Waals surface area contributed by atoms with Gasteiger partial charge in [-0.1, -0.05) is 46.5 Å². The Bertz CT molecular complexity index is 333. The van der Waals surface area contributed by atoms with Gasteiger partial charge in [-0.15, -0.1) is 0 Å². The molecule has 0 amide bonds. The van der Waals surface area contributed by atoms with Crippen molar-refractivity contribution in [3.63, 3.8) is 0 Å². The molecule has 3 rings (SSSR count). The summed E-state index contributed by atoms with van der Waals surface area (Å²) in [5.74, 6) is 5.49. The van der Waals surface area contributed by atoms with E-state index in [0.717, 1.165) is 17.8 Å². The molecule has 21 heavy (non-hydrogen) atoms. The Morgan fingerprint density at radius 2 is 1.76 bits per heavy atom. The van der Waals surface area contributed by atoms with Gasteiger partial charge in [0.25, 0.3) is 0 Å². The summed E-state index contributed by atoms with van der Waals surface area (Å²) < 4.78 is 0. The van der Waals surface area contributed by atoms with Crippen LogP contribution in [0, 0.1) is 35.0 Å². The zero-order valence-electron chi connectivity index (χ0n) is 14.9. The molecule has 0 spiro atoms. The van der Waals surface area contributed by atoms with Gasteiger partial charge in [0.1, 0.15) is 0 Å². The first kappa shape index (κ1) is 15.9. The van der Waals surface area contributed by atoms with Crippen LogP contribution in [-0.2, 0) is 0 Å². The summed E-state index contributed by atoms with van der Waals surface area (Å²) in [6.45, 7) is 7.51. The summed E-state index contributed by atoms with van der Waals surface area (Å²) in [5.41, 5.74) is 0.677. The lowest BCUT2D eigenvalue weighted by Crippen LogP contribution is -2.15. The van der Waals surface area contributed by atoms with E-state index in [1.807, 2.05) is 0 Å². The SMILES string of the molecule is CCC1CCC(C)(CCCCC2CCC3CC23)CCC1C. The first-order chi connectivity index (χ1) is 10.1. The molecule has 0 heterocycles. The van der Waals surface area contributed by atoms with Crippen LogP contribution in [-0.4, -0.2) is 0 Å². The van der Waals surface area contributed by atoms with E-state index >= 15 is 0 Å². The number of hydrogen-bond donors (Lipinski definition) is 0. The van der Waals surface area contributed by atoms with Gasteiger partial charge < -0.3 is 0 Å². The standard InChI is InChI=1S/C21H38/c1-4-17-11-14-21(3,13-10-16(17)2)12-6-5-7-18-8-9-19-15-20(18)19/h16-20H,4-15H2,1-3H3. The van der Waals surface area contributed by atoms with Crippen LogP contribution in [0.2, 0.25) is 0 Å². The van der Waals surface area contributed by atoms with Crippen LogP contribution < -0.4 is 0 Å². The zero-order chi connectivity index (χ0) is 14.9. The third kappa shape index (κ3) is 3.85. The molecule has 0 bridgehead atoms. The molecule has 3 aliphatic rings. The summed E-state index contributed by atoms with van der Waals surface area (Å²) in [4.78, 5) is 0. The molecule has 0 aliphatic heterocycles. The van der Waals surface area contributed by atoms with Crippen LogP contribution in [0.4, 0.5) is 0 Å². The Hall–Kier alpha value is 0. The van der Waals surface area contributed by atoms with Crippen LogP contribution >= 0.6 is 0 Å². The van der Waals surface area contributed by atoms with E-state index in [0.29, 0.717) is 5.41 Å². The summed E-state index contributed by atoms with van der Waals surface area (Å²) in [5, 5.41) is 0. The highest BCUT2D eigenvalue weighted by molar-refractivity contribution is 4.97. The number of rotatable bonds is 6. The van der Waals surface area contributed by atoms with Gasteiger partial charge in [0.15, 0.2) is 0 Å². The second-order valence-electron chi connectivity index (χ2n) is 9.28. The zero-order valence-corrected chi connectivity index (χ0v) is 14.9. The topological polar surface area (TPSA) is 0 Å². The van der Waals surface area contributed by atoms with E-state index in [2.05, 4.69) is 20.8 Å². The largest absolute Gasteiger partial charge is 0.0651 e. The molecule has 0 radical (unpaired) electrons. The molecule has 6 unspecified atom stereocenters. The predicted octanol–water partition coefficient (Wildman–Crippen LogP) is 6.84. The van der Waals surface area contributed by atoms with Gasteiger partial charge in [-0.3, -0.25) is 0 Å². The Morgan fingerprint density at radius 3 is 2.43 bits per heavy atom. The third-order valence-electron chi connectivity index (χ3n) is 7.75. The van der Waals surface area contributed by atoms with Crippen molar-refractivity contribution in [2.45, 2.75) is 97.8 Å². The first-order valence-electron chi connectivity index (χ1n) is 10.1. The molecule has 122 valence electrons. The minimum atomic E-state index is 0.677. The van der Waals surface area contributed by atoms with Crippen molar-refractivity contribution >= 4 is 0 Å². The Balaban J connectivity index is 1.37. The summed E-state index contributed by atoms with van der Waals surface area (Å²) in [7, 11) is 0. The quantitative estimate of drug-likeness (QED) is 0.371. The molecular formula is C21H38. The van der Waals surface area contributed by atoms with Gasteiger partial charge in [-0.05, 0) is 86.4 Å². The van der Waals surface area contributed by atoms with Crippen molar-refractivity contribution in [3.05, 3.63) is 0 Å². The molecule has 3 saturated carbocycles. The van der Waals surface area contributed by atoms with Crippen molar-refractivity contribution in [1.82, 2.24) is 0 Å². The highest BCUT2D eigenvalue weighted by atomic mass is 14.5. The molecule has 0 N–H and O–H groups in total. The van der Waals surface area contributed by atoms with Gasteiger partial charge in [0.05, 0.1) is 0 Å². The average Bonchev–Trinajstić information content (AvgIpc) is 3.18. The van der Waals surface area contributed by atoms with Crippen molar-refractivity contribution in [1.29, 1.82) is 0 Å². The van der Waals surface area contributed by atoms with Crippen LogP contribution in [0.3, 0.4) is 0 Å². The monoisotopic (exact) mass is 290 g/mol. The van der Waals surface area contributed by atoms with E-state index in [-0.39, 0.29) is 0 Å². The Kier molecular flexibility index (Phi) is 5.01. The second-order valence-corrected chi connectivity index (χ2v) is 9.28. The molecule has 0 aromatic heterocycles. The molecule has 0 heteroatoms. The first-order valence-corrected chi connectivity index (χ1v) is 10.1. The molecule has 0 aromatic carbocycles. The minimum Gasteiger partial charge on any atom is -0.0651 e. The number of unbranched alkanes of at least 4 members (excludes halogenated alkanes) is 1. The van der Waals surface area contributed by atoms with E-state index < -0.39 is 0 Å². The van der Waals surface area contributed by atoms with E-state index in [1.54, 1.807) is 25.7 Å². The van der Waals surface area contributed by atoms with Gasteiger partial charge in [-0.2, -0.15) is 0 Å². The van der Waals surface area contributed by atoms with Gasteiger partial charge in [0.2, 0.25) is 0 Å². The normalized spacial score (nSPS) is 46.1. The van der Waals surface area contributed by atoms with Crippen LogP contribution in [0.15, 0.2) is 0 Å². The van der Waals surface area contributed by atoms with Crippen LogP contribution in [0.25, 0.3) is 0 Å². The van der Waals surface area contributed by atoms with Crippen molar-refractivity contribution in [3.8, 4) is 0 Å². The summed E-state index contributed by atoms with van der Waals surface area (Å²) >= 11 is 0. The lowest BCUT2D eigenvalue weighted by atomic mass is 9.77. The molecule has 6 atom stereocenters. The van der Waals surface area contributed by atoms with E-state index in [9.17, 15) is 0 Å².